The maximum absolute atomic E-state index is 11.9. The van der Waals surface area contributed by atoms with Crippen molar-refractivity contribution < 1.29 is 22.7 Å². The van der Waals surface area contributed by atoms with Crippen LogP contribution < -0.4 is 14.8 Å². The Morgan fingerprint density at radius 3 is 2.08 bits per heavy atom. The molecule has 0 saturated carbocycles. The molecule has 0 aromatic heterocycles. The molecule has 2 N–H and O–H groups in total. The van der Waals surface area contributed by atoms with Crippen molar-refractivity contribution in [1.82, 2.24) is 0 Å². The molecule has 26 heavy (non-hydrogen) atoms. The fraction of sp³-hybridized carbons (Fsp3) is 0.222. The van der Waals surface area contributed by atoms with E-state index in [1.807, 2.05) is 0 Å². The Kier molecular flexibility index (Phi) is 6.35. The zero-order valence-corrected chi connectivity index (χ0v) is 15.3. The summed E-state index contributed by atoms with van der Waals surface area (Å²) in [5.74, 6) is 0.172. The molecule has 138 valence electrons. The molecule has 0 aliphatic heterocycles. The van der Waals surface area contributed by atoms with Gasteiger partial charge in [0.25, 0.3) is 5.91 Å². The second-order valence-electron chi connectivity index (χ2n) is 5.59. The fourth-order valence-electron chi connectivity index (χ4n) is 2.12. The van der Waals surface area contributed by atoms with Crippen molar-refractivity contribution >= 4 is 33.1 Å². The highest BCUT2D eigenvalue weighted by atomic mass is 32.2. The average Bonchev–Trinajstić information content (AvgIpc) is 2.60. The zero-order chi connectivity index (χ0) is 19.2. The zero-order valence-electron chi connectivity index (χ0n) is 14.5. The molecule has 0 bridgehead atoms. The highest BCUT2D eigenvalue weighted by molar-refractivity contribution is 7.92. The van der Waals surface area contributed by atoms with Gasteiger partial charge in [0.2, 0.25) is 10.0 Å². The van der Waals surface area contributed by atoms with Gasteiger partial charge in [-0.05, 0) is 48.5 Å². The minimum absolute atomic E-state index is 0.0445. The number of carbonyl (C=O) groups is 2. The third-order valence-corrected chi connectivity index (χ3v) is 3.95. The van der Waals surface area contributed by atoms with Crippen molar-refractivity contribution in [3.8, 4) is 5.75 Å². The van der Waals surface area contributed by atoms with Gasteiger partial charge in [-0.1, -0.05) is 6.92 Å². The summed E-state index contributed by atoms with van der Waals surface area (Å²) >= 11 is 0. The SMILES string of the molecule is CCC(=O)c1ccc(OCC(=O)Nc2ccc(NS(C)(=O)=O)cc2)cc1. The Balaban J connectivity index is 1.86. The number of nitrogens with one attached hydrogen (secondary N) is 2. The maximum Gasteiger partial charge on any atom is 0.262 e. The molecule has 0 spiro atoms. The number of rotatable bonds is 8. The standard InChI is InChI=1S/C18H20N2O5S/c1-3-17(21)13-4-10-16(11-5-13)25-12-18(22)19-14-6-8-15(9-7-14)20-26(2,23)24/h4-11,20H,3,12H2,1-2H3,(H,19,22). The number of Topliss-reactive ketones (excluding diaryl/α,β-unsaturated/α-hetero) is 1. The highest BCUT2D eigenvalue weighted by Gasteiger charge is 2.07. The Morgan fingerprint density at radius 2 is 1.54 bits per heavy atom. The lowest BCUT2D eigenvalue weighted by atomic mass is 10.1. The largest absolute Gasteiger partial charge is 0.484 e. The van der Waals surface area contributed by atoms with E-state index in [1.54, 1.807) is 55.5 Å². The van der Waals surface area contributed by atoms with Gasteiger partial charge >= 0.3 is 0 Å². The summed E-state index contributed by atoms with van der Waals surface area (Å²) in [4.78, 5) is 23.5. The Morgan fingerprint density at radius 1 is 0.962 bits per heavy atom. The van der Waals surface area contributed by atoms with Crippen molar-refractivity contribution in [2.24, 2.45) is 0 Å². The van der Waals surface area contributed by atoms with Crippen LogP contribution in [0.15, 0.2) is 48.5 Å². The summed E-state index contributed by atoms with van der Waals surface area (Å²) in [6.07, 6.45) is 1.49. The van der Waals surface area contributed by atoms with E-state index in [9.17, 15) is 18.0 Å². The number of hydrogen-bond acceptors (Lipinski definition) is 5. The molecule has 0 heterocycles. The van der Waals surface area contributed by atoms with Crippen molar-refractivity contribution in [2.45, 2.75) is 13.3 Å². The van der Waals surface area contributed by atoms with Gasteiger partial charge in [0, 0.05) is 23.4 Å². The molecule has 0 atom stereocenters. The first-order valence-electron chi connectivity index (χ1n) is 7.90. The number of hydrogen-bond donors (Lipinski definition) is 2. The quantitative estimate of drug-likeness (QED) is 0.690. The summed E-state index contributed by atoms with van der Waals surface area (Å²) < 4.78 is 30.0. The minimum Gasteiger partial charge on any atom is -0.484 e. The van der Waals surface area contributed by atoms with Gasteiger partial charge in [-0.25, -0.2) is 8.42 Å². The molecule has 7 nitrogen and oxygen atoms in total. The Bertz CT molecular complexity index is 875. The van der Waals surface area contributed by atoms with Gasteiger partial charge in [0.05, 0.1) is 6.26 Å². The number of ether oxygens (including phenoxy) is 1. The van der Waals surface area contributed by atoms with E-state index in [2.05, 4.69) is 10.0 Å². The van der Waals surface area contributed by atoms with Crippen LogP contribution >= 0.6 is 0 Å². The first kappa shape index (κ1) is 19.5. The second kappa shape index (κ2) is 8.48. The van der Waals surface area contributed by atoms with Crippen molar-refractivity contribution in [2.75, 3.05) is 22.9 Å². The summed E-state index contributed by atoms with van der Waals surface area (Å²) in [5.41, 5.74) is 1.53. The van der Waals surface area contributed by atoms with Crippen LogP contribution in [0.4, 0.5) is 11.4 Å². The number of benzene rings is 2. The van der Waals surface area contributed by atoms with E-state index < -0.39 is 10.0 Å². The molecule has 2 aromatic rings. The monoisotopic (exact) mass is 376 g/mol. The van der Waals surface area contributed by atoms with Crippen LogP contribution in [-0.2, 0) is 14.8 Å². The molecule has 0 aliphatic carbocycles. The lowest BCUT2D eigenvalue weighted by molar-refractivity contribution is -0.118. The first-order chi connectivity index (χ1) is 12.3. The van der Waals surface area contributed by atoms with E-state index in [1.165, 1.54) is 0 Å². The van der Waals surface area contributed by atoms with E-state index in [0.717, 1.165) is 6.26 Å². The van der Waals surface area contributed by atoms with Gasteiger partial charge in [0.1, 0.15) is 5.75 Å². The van der Waals surface area contributed by atoms with Crippen LogP contribution in [0.5, 0.6) is 5.75 Å². The number of carbonyl (C=O) groups excluding carboxylic acids is 2. The fourth-order valence-corrected chi connectivity index (χ4v) is 2.69. The minimum atomic E-state index is -3.34. The number of anilines is 2. The number of amides is 1. The van der Waals surface area contributed by atoms with Crippen LogP contribution in [0, 0.1) is 0 Å². The molecule has 1 amide bonds. The predicted molar refractivity (Wildman–Crippen MR) is 100 cm³/mol. The number of ketones is 1. The predicted octanol–water partition coefficient (Wildman–Crippen LogP) is 2.67. The van der Waals surface area contributed by atoms with Crippen molar-refractivity contribution in [3.05, 3.63) is 54.1 Å². The van der Waals surface area contributed by atoms with Gasteiger partial charge in [0.15, 0.2) is 12.4 Å². The van der Waals surface area contributed by atoms with E-state index >= 15 is 0 Å². The average molecular weight is 376 g/mol. The van der Waals surface area contributed by atoms with Gasteiger partial charge < -0.3 is 10.1 Å². The van der Waals surface area contributed by atoms with E-state index in [-0.39, 0.29) is 18.3 Å². The molecule has 0 saturated heterocycles. The third-order valence-electron chi connectivity index (χ3n) is 3.34. The molecule has 0 aliphatic rings. The molecule has 0 radical (unpaired) electrons. The Labute approximate surface area is 152 Å². The van der Waals surface area contributed by atoms with Crippen LogP contribution in [0.25, 0.3) is 0 Å². The molecule has 2 rings (SSSR count). The maximum atomic E-state index is 11.9. The van der Waals surface area contributed by atoms with E-state index in [0.29, 0.717) is 29.1 Å². The summed E-state index contributed by atoms with van der Waals surface area (Å²) in [6, 6.07) is 12.8. The summed E-state index contributed by atoms with van der Waals surface area (Å²) in [5, 5.41) is 2.65. The third kappa shape index (κ3) is 6.21. The van der Waals surface area contributed by atoms with Crippen LogP contribution in [0.2, 0.25) is 0 Å². The van der Waals surface area contributed by atoms with Gasteiger partial charge in [-0.15, -0.1) is 0 Å². The summed E-state index contributed by atoms with van der Waals surface area (Å²) in [6.45, 7) is 1.60. The molecule has 0 unspecified atom stereocenters. The second-order valence-corrected chi connectivity index (χ2v) is 7.34. The van der Waals surface area contributed by atoms with Crippen molar-refractivity contribution in [1.29, 1.82) is 0 Å². The first-order valence-corrected chi connectivity index (χ1v) is 9.80. The molecular formula is C18H20N2O5S. The molecule has 2 aromatic carbocycles. The van der Waals surface area contributed by atoms with Crippen LogP contribution in [0.1, 0.15) is 23.7 Å². The van der Waals surface area contributed by atoms with Crippen LogP contribution in [-0.4, -0.2) is 33.0 Å². The highest BCUT2D eigenvalue weighted by Crippen LogP contribution is 2.16. The molecule has 0 fully saturated rings. The topological polar surface area (TPSA) is 102 Å². The number of sulfonamides is 1. The summed E-state index contributed by atoms with van der Waals surface area (Å²) in [7, 11) is -3.34. The lowest BCUT2D eigenvalue weighted by Crippen LogP contribution is -2.20. The smallest absolute Gasteiger partial charge is 0.262 e. The van der Waals surface area contributed by atoms with Crippen LogP contribution in [0.3, 0.4) is 0 Å². The normalized spacial score (nSPS) is 10.8. The Hall–Kier alpha value is -2.87. The van der Waals surface area contributed by atoms with Crippen molar-refractivity contribution in [3.63, 3.8) is 0 Å². The van der Waals surface area contributed by atoms with Gasteiger partial charge in [-0.2, -0.15) is 0 Å². The van der Waals surface area contributed by atoms with Gasteiger partial charge in [-0.3, -0.25) is 14.3 Å². The lowest BCUT2D eigenvalue weighted by Gasteiger charge is -2.09. The van der Waals surface area contributed by atoms with E-state index in [4.69, 9.17) is 4.74 Å². The molecule has 8 heteroatoms. The molecular weight excluding hydrogens is 356 g/mol.